The van der Waals surface area contributed by atoms with Crippen LogP contribution in [-0.4, -0.2) is 80.3 Å². The first-order chi connectivity index (χ1) is 12.9. The molecule has 2 atom stereocenters. The Morgan fingerprint density at radius 1 is 1.22 bits per heavy atom. The van der Waals surface area contributed by atoms with E-state index in [2.05, 4.69) is 41.1 Å². The molecule has 2 saturated heterocycles. The molecule has 27 heavy (non-hydrogen) atoms. The van der Waals surface area contributed by atoms with Crippen molar-refractivity contribution in [2.75, 3.05) is 53.0 Å². The number of methoxy groups -OCH3 is 1. The van der Waals surface area contributed by atoms with Gasteiger partial charge in [0, 0.05) is 57.1 Å². The molecule has 0 bridgehead atoms. The first kappa shape index (κ1) is 20.1. The summed E-state index contributed by atoms with van der Waals surface area (Å²) in [5.74, 6) is 1.19. The lowest BCUT2D eigenvalue weighted by molar-refractivity contribution is -0.119. The fourth-order valence-electron chi connectivity index (χ4n) is 4.43. The van der Waals surface area contributed by atoms with E-state index in [-0.39, 0.29) is 17.5 Å². The Kier molecular flexibility index (Phi) is 6.40. The highest BCUT2D eigenvalue weighted by Crippen LogP contribution is 2.31. The Morgan fingerprint density at radius 2 is 1.89 bits per heavy atom. The molecular formula is C21H33N3O3. The molecular weight excluding hydrogens is 342 g/mol. The van der Waals surface area contributed by atoms with Gasteiger partial charge in [-0.2, -0.15) is 0 Å². The number of amides is 1. The Labute approximate surface area is 162 Å². The van der Waals surface area contributed by atoms with Gasteiger partial charge < -0.3 is 14.8 Å². The Morgan fingerprint density at radius 3 is 2.48 bits per heavy atom. The molecule has 6 nitrogen and oxygen atoms in total. The number of hydrogen-bond donors (Lipinski definition) is 1. The molecule has 1 aromatic carbocycles. The SMILES string of the molecule is COc1ccc([C@@H]2CN(CC(C)(C)N3CCOCC3)C[C@H]2NC(C)=O)cc1. The summed E-state index contributed by atoms with van der Waals surface area (Å²) in [5, 5.41) is 3.17. The molecule has 1 N–H and O–H groups in total. The molecule has 2 aliphatic heterocycles. The monoisotopic (exact) mass is 375 g/mol. The van der Waals surface area contributed by atoms with E-state index in [9.17, 15) is 4.79 Å². The summed E-state index contributed by atoms with van der Waals surface area (Å²) in [7, 11) is 1.68. The Bertz CT molecular complexity index is 626. The molecule has 2 fully saturated rings. The van der Waals surface area contributed by atoms with E-state index in [0.717, 1.165) is 51.7 Å². The largest absolute Gasteiger partial charge is 0.497 e. The van der Waals surface area contributed by atoms with E-state index in [1.54, 1.807) is 14.0 Å². The highest BCUT2D eigenvalue weighted by atomic mass is 16.5. The molecule has 0 aromatic heterocycles. The van der Waals surface area contributed by atoms with Gasteiger partial charge in [0.2, 0.25) is 5.91 Å². The first-order valence-electron chi connectivity index (χ1n) is 9.85. The molecule has 3 rings (SSSR count). The summed E-state index contributed by atoms with van der Waals surface area (Å²) >= 11 is 0. The molecule has 150 valence electrons. The molecule has 0 spiro atoms. The summed E-state index contributed by atoms with van der Waals surface area (Å²) in [5.41, 5.74) is 1.33. The maximum Gasteiger partial charge on any atom is 0.217 e. The number of rotatable bonds is 6. The number of nitrogens with zero attached hydrogens (tertiary/aromatic N) is 2. The lowest BCUT2D eigenvalue weighted by Crippen LogP contribution is -2.55. The second-order valence-corrected chi connectivity index (χ2v) is 8.29. The number of carbonyl (C=O) groups is 1. The van der Waals surface area contributed by atoms with Gasteiger partial charge in [0.15, 0.2) is 0 Å². The van der Waals surface area contributed by atoms with Crippen LogP contribution in [0.15, 0.2) is 24.3 Å². The maximum absolute atomic E-state index is 11.7. The standard InChI is InChI=1S/C21H33N3O3/c1-16(25)22-20-14-23(15-21(2,3)24-9-11-27-12-10-24)13-19(20)17-5-7-18(26-4)8-6-17/h5-8,19-20H,9-15H2,1-4H3,(H,22,25)/t19-,20+/m0/s1. The van der Waals surface area contributed by atoms with Crippen molar-refractivity contribution < 1.29 is 14.3 Å². The highest BCUT2D eigenvalue weighted by molar-refractivity contribution is 5.73. The Hall–Kier alpha value is -1.63. The lowest BCUT2D eigenvalue weighted by Gasteiger charge is -2.43. The summed E-state index contributed by atoms with van der Waals surface area (Å²) in [4.78, 5) is 16.8. The fourth-order valence-corrected chi connectivity index (χ4v) is 4.43. The van der Waals surface area contributed by atoms with Gasteiger partial charge in [0.05, 0.1) is 20.3 Å². The third-order valence-electron chi connectivity index (χ3n) is 5.81. The molecule has 2 heterocycles. The summed E-state index contributed by atoms with van der Waals surface area (Å²) in [6, 6.07) is 8.38. The third kappa shape index (κ3) is 5.00. The van der Waals surface area contributed by atoms with Crippen LogP contribution in [0.2, 0.25) is 0 Å². The molecule has 0 radical (unpaired) electrons. The van der Waals surface area contributed by atoms with Crippen molar-refractivity contribution >= 4 is 5.91 Å². The minimum atomic E-state index is 0.0350. The normalized spacial score (nSPS) is 24.7. The van der Waals surface area contributed by atoms with E-state index < -0.39 is 0 Å². The number of likely N-dealkylation sites (tertiary alicyclic amines) is 1. The minimum absolute atomic E-state index is 0.0350. The summed E-state index contributed by atoms with van der Waals surface area (Å²) < 4.78 is 10.8. The molecule has 1 aromatic rings. The van der Waals surface area contributed by atoms with Gasteiger partial charge in [0.1, 0.15) is 5.75 Å². The minimum Gasteiger partial charge on any atom is -0.497 e. The molecule has 2 aliphatic rings. The van der Waals surface area contributed by atoms with E-state index >= 15 is 0 Å². The van der Waals surface area contributed by atoms with E-state index in [4.69, 9.17) is 9.47 Å². The zero-order chi connectivity index (χ0) is 19.4. The van der Waals surface area contributed by atoms with Crippen molar-refractivity contribution in [2.24, 2.45) is 0 Å². The van der Waals surface area contributed by atoms with Crippen molar-refractivity contribution in [1.29, 1.82) is 0 Å². The van der Waals surface area contributed by atoms with Gasteiger partial charge in [-0.1, -0.05) is 12.1 Å². The molecule has 0 saturated carbocycles. The van der Waals surface area contributed by atoms with Crippen LogP contribution in [0.1, 0.15) is 32.3 Å². The van der Waals surface area contributed by atoms with Crippen LogP contribution < -0.4 is 10.1 Å². The van der Waals surface area contributed by atoms with Gasteiger partial charge in [-0.3, -0.25) is 14.6 Å². The lowest BCUT2D eigenvalue weighted by atomic mass is 9.94. The second kappa shape index (κ2) is 8.59. The fraction of sp³-hybridized carbons (Fsp3) is 0.667. The van der Waals surface area contributed by atoms with Crippen molar-refractivity contribution in [3.8, 4) is 5.75 Å². The van der Waals surface area contributed by atoms with Gasteiger partial charge in [0.25, 0.3) is 0 Å². The second-order valence-electron chi connectivity index (χ2n) is 8.29. The molecule has 1 amide bonds. The number of carbonyl (C=O) groups excluding carboxylic acids is 1. The predicted molar refractivity (Wildman–Crippen MR) is 106 cm³/mol. The van der Waals surface area contributed by atoms with Gasteiger partial charge in [-0.25, -0.2) is 0 Å². The summed E-state index contributed by atoms with van der Waals surface area (Å²) in [6.45, 7) is 12.6. The zero-order valence-electron chi connectivity index (χ0n) is 17.0. The highest BCUT2D eigenvalue weighted by Gasteiger charge is 2.38. The average Bonchev–Trinajstić information content (AvgIpc) is 3.03. The van der Waals surface area contributed by atoms with E-state index in [1.807, 2.05) is 12.1 Å². The Balaban J connectivity index is 1.71. The van der Waals surface area contributed by atoms with Crippen molar-refractivity contribution in [1.82, 2.24) is 15.1 Å². The van der Waals surface area contributed by atoms with Crippen molar-refractivity contribution in [3.05, 3.63) is 29.8 Å². The van der Waals surface area contributed by atoms with Gasteiger partial charge in [-0.15, -0.1) is 0 Å². The van der Waals surface area contributed by atoms with Crippen LogP contribution in [-0.2, 0) is 9.53 Å². The smallest absolute Gasteiger partial charge is 0.217 e. The van der Waals surface area contributed by atoms with Crippen molar-refractivity contribution in [3.63, 3.8) is 0 Å². The van der Waals surface area contributed by atoms with Crippen LogP contribution in [0.5, 0.6) is 5.75 Å². The van der Waals surface area contributed by atoms with E-state index in [1.165, 1.54) is 5.56 Å². The van der Waals surface area contributed by atoms with Crippen LogP contribution in [0.25, 0.3) is 0 Å². The number of ether oxygens (including phenoxy) is 2. The topological polar surface area (TPSA) is 54.0 Å². The van der Waals surface area contributed by atoms with Gasteiger partial charge >= 0.3 is 0 Å². The quantitative estimate of drug-likeness (QED) is 0.820. The third-order valence-corrected chi connectivity index (χ3v) is 5.81. The van der Waals surface area contributed by atoms with Crippen LogP contribution in [0.4, 0.5) is 0 Å². The van der Waals surface area contributed by atoms with Gasteiger partial charge in [-0.05, 0) is 31.5 Å². The number of morpholine rings is 1. The predicted octanol–water partition coefficient (Wildman–Crippen LogP) is 1.71. The molecule has 0 aliphatic carbocycles. The maximum atomic E-state index is 11.7. The van der Waals surface area contributed by atoms with Crippen LogP contribution in [0, 0.1) is 0 Å². The summed E-state index contributed by atoms with van der Waals surface area (Å²) in [6.07, 6.45) is 0. The first-order valence-corrected chi connectivity index (χ1v) is 9.85. The van der Waals surface area contributed by atoms with Crippen molar-refractivity contribution in [2.45, 2.75) is 38.3 Å². The average molecular weight is 376 g/mol. The number of benzene rings is 1. The number of hydrogen-bond acceptors (Lipinski definition) is 5. The zero-order valence-corrected chi connectivity index (χ0v) is 17.0. The molecule has 0 unspecified atom stereocenters. The van der Waals surface area contributed by atoms with Crippen LogP contribution >= 0.6 is 0 Å². The number of nitrogens with one attached hydrogen (secondary N) is 1. The van der Waals surface area contributed by atoms with E-state index in [0.29, 0.717) is 5.92 Å². The molecule has 6 heteroatoms. The van der Waals surface area contributed by atoms with Crippen LogP contribution in [0.3, 0.4) is 0 Å².